The molecule has 2 aliphatic rings. The van der Waals surface area contributed by atoms with Crippen LogP contribution in [0.3, 0.4) is 0 Å². The highest BCUT2D eigenvalue weighted by molar-refractivity contribution is 5.94. The molecule has 3 aromatic rings. The van der Waals surface area contributed by atoms with Crippen molar-refractivity contribution in [1.29, 1.82) is 0 Å². The third-order valence-electron chi connectivity index (χ3n) is 8.85. The number of carbonyl (C=O) groups excluding carboxylic acids is 3. The number of nitrogen functional groups attached to an aromatic ring is 1. The third-order valence-corrected chi connectivity index (χ3v) is 8.85. The molecule has 3 aromatic carbocycles. The van der Waals surface area contributed by atoms with Crippen LogP contribution in [0.2, 0.25) is 0 Å². The Kier molecular flexibility index (Phi) is 12.6. The van der Waals surface area contributed by atoms with Crippen LogP contribution in [0, 0.1) is 0 Å². The Labute approximate surface area is 294 Å². The summed E-state index contributed by atoms with van der Waals surface area (Å²) in [6.07, 6.45) is 2.84. The number of para-hydroxylation sites is 2. The number of hydrogen-bond acceptors (Lipinski definition) is 9. The van der Waals surface area contributed by atoms with Crippen LogP contribution in [-0.4, -0.2) is 58.6 Å². The molecule has 2 saturated heterocycles. The summed E-state index contributed by atoms with van der Waals surface area (Å²) in [7, 11) is 0. The normalized spacial score (nSPS) is 21.0. The summed E-state index contributed by atoms with van der Waals surface area (Å²) in [5.41, 5.74) is 9.69. The lowest BCUT2D eigenvalue weighted by atomic mass is 9.99. The molecule has 0 unspecified atom stereocenters. The Morgan fingerprint density at radius 1 is 0.900 bits per heavy atom. The number of unbranched alkanes of at least 4 members (excludes halogenated alkanes) is 1. The molecule has 268 valence electrons. The molecule has 2 aliphatic heterocycles. The Balaban J connectivity index is 1.17. The van der Waals surface area contributed by atoms with Gasteiger partial charge in [-0.15, -0.1) is 0 Å². The lowest BCUT2D eigenvalue weighted by molar-refractivity contribution is -0.253. The molecule has 2 amide bonds. The maximum atomic E-state index is 13.0. The van der Waals surface area contributed by atoms with Gasteiger partial charge >= 0.3 is 5.97 Å². The molecule has 0 aliphatic carbocycles. The van der Waals surface area contributed by atoms with Gasteiger partial charge in [0, 0.05) is 37.1 Å². The van der Waals surface area contributed by atoms with Crippen LogP contribution < -0.4 is 16.4 Å². The quantitative estimate of drug-likeness (QED) is 0.0929. The fourth-order valence-electron chi connectivity index (χ4n) is 6.32. The maximum absolute atomic E-state index is 13.0. The second-order valence-electron chi connectivity index (χ2n) is 14.0. The number of likely N-dealkylation sites (tertiary alicyclic amines) is 1. The first-order chi connectivity index (χ1) is 24.0. The SMILES string of the molecule is CC(C)(C)OC(=O)[C@@H]1CCCN1C[C@@H]1C[C@H](c2ccc(CO)cc2)O[C@H](c2ccc(NC(=O)CCCCC(=O)Nc3ccccc3N)cc2)O1. The van der Waals surface area contributed by atoms with E-state index < -0.39 is 11.9 Å². The van der Waals surface area contributed by atoms with Crippen LogP contribution in [0.25, 0.3) is 0 Å². The Morgan fingerprint density at radius 3 is 2.22 bits per heavy atom. The molecule has 5 N–H and O–H groups in total. The molecular weight excluding hydrogens is 636 g/mol. The van der Waals surface area contributed by atoms with Crippen molar-refractivity contribution >= 4 is 34.8 Å². The van der Waals surface area contributed by atoms with Gasteiger partial charge in [0.25, 0.3) is 0 Å². The lowest BCUT2D eigenvalue weighted by Gasteiger charge is -2.38. The molecule has 0 bridgehead atoms. The zero-order chi connectivity index (χ0) is 35.7. The Hall–Kier alpha value is -4.29. The lowest BCUT2D eigenvalue weighted by Crippen LogP contribution is -2.45. The minimum Gasteiger partial charge on any atom is -0.459 e. The number of carbonyl (C=O) groups is 3. The monoisotopic (exact) mass is 686 g/mol. The van der Waals surface area contributed by atoms with Crippen molar-refractivity contribution in [3.63, 3.8) is 0 Å². The molecular formula is C39H50N4O7. The zero-order valence-electron chi connectivity index (χ0n) is 29.2. The summed E-state index contributed by atoms with van der Waals surface area (Å²) >= 11 is 0. The van der Waals surface area contributed by atoms with E-state index in [1.54, 1.807) is 12.1 Å². The number of anilines is 3. The highest BCUT2D eigenvalue weighted by atomic mass is 16.7. The highest BCUT2D eigenvalue weighted by Gasteiger charge is 2.39. The summed E-state index contributed by atoms with van der Waals surface area (Å²) < 4.78 is 18.7. The smallest absolute Gasteiger partial charge is 0.323 e. The van der Waals surface area contributed by atoms with Gasteiger partial charge in [-0.2, -0.15) is 0 Å². The summed E-state index contributed by atoms with van der Waals surface area (Å²) in [4.78, 5) is 40.1. The average Bonchev–Trinajstić information content (AvgIpc) is 3.55. The summed E-state index contributed by atoms with van der Waals surface area (Å²) in [5, 5.41) is 15.3. The average molecular weight is 687 g/mol. The van der Waals surface area contributed by atoms with Gasteiger partial charge in [0.2, 0.25) is 11.8 Å². The summed E-state index contributed by atoms with van der Waals surface area (Å²) in [5.74, 6) is -0.472. The maximum Gasteiger partial charge on any atom is 0.323 e. The largest absolute Gasteiger partial charge is 0.459 e. The first kappa shape index (κ1) is 37.0. The Bertz CT molecular complexity index is 1590. The van der Waals surface area contributed by atoms with Crippen LogP contribution in [0.5, 0.6) is 0 Å². The number of esters is 1. The molecule has 5 rings (SSSR count). The van der Waals surface area contributed by atoms with Crippen molar-refractivity contribution in [2.45, 2.75) is 102 Å². The van der Waals surface area contributed by atoms with Gasteiger partial charge in [0.15, 0.2) is 6.29 Å². The van der Waals surface area contributed by atoms with E-state index in [2.05, 4.69) is 15.5 Å². The summed E-state index contributed by atoms with van der Waals surface area (Å²) in [6.45, 7) is 6.96. The molecule has 2 fully saturated rings. The van der Waals surface area contributed by atoms with E-state index in [1.807, 2.05) is 81.4 Å². The molecule has 11 nitrogen and oxygen atoms in total. The van der Waals surface area contributed by atoms with E-state index >= 15 is 0 Å². The standard InChI is InChI=1S/C39H50N4O7/c1-39(2,3)50-37(47)33-11-8-22-43(33)24-30-23-34(27-16-14-26(25-44)15-17-27)49-38(48-30)28-18-20-29(21-19-28)41-35(45)12-6-7-13-36(46)42-32-10-5-4-9-31(32)40/h4-5,9-10,14-21,30,33-34,38,44H,6-8,11-13,22-25,40H2,1-3H3,(H,41,45)(H,42,46)/t30-,33-,34+,38+/m0/s1. The number of hydrogen-bond donors (Lipinski definition) is 4. The van der Waals surface area contributed by atoms with Gasteiger partial charge in [-0.3, -0.25) is 19.3 Å². The second-order valence-corrected chi connectivity index (χ2v) is 14.0. The van der Waals surface area contributed by atoms with Crippen molar-refractivity contribution in [3.8, 4) is 0 Å². The van der Waals surface area contributed by atoms with Crippen LogP contribution in [-0.2, 0) is 35.2 Å². The predicted molar refractivity (Wildman–Crippen MR) is 192 cm³/mol. The number of aliphatic hydroxyl groups is 1. The molecule has 0 spiro atoms. The van der Waals surface area contributed by atoms with Gasteiger partial charge in [-0.05, 0) is 88.4 Å². The van der Waals surface area contributed by atoms with Crippen molar-refractivity contribution in [2.75, 3.05) is 29.5 Å². The first-order valence-electron chi connectivity index (χ1n) is 17.5. The van der Waals surface area contributed by atoms with Crippen LogP contribution in [0.15, 0.2) is 72.8 Å². The molecule has 4 atom stereocenters. The van der Waals surface area contributed by atoms with Gasteiger partial charge in [0.1, 0.15) is 11.6 Å². The van der Waals surface area contributed by atoms with Crippen molar-refractivity contribution in [2.24, 2.45) is 0 Å². The number of nitrogens with zero attached hydrogens (tertiary/aromatic N) is 1. The number of benzene rings is 3. The number of rotatable bonds is 13. The van der Waals surface area contributed by atoms with Crippen LogP contribution >= 0.6 is 0 Å². The minimum atomic E-state index is -0.666. The second kappa shape index (κ2) is 17.1. The van der Waals surface area contributed by atoms with E-state index in [0.717, 1.165) is 36.1 Å². The van der Waals surface area contributed by atoms with Crippen molar-refractivity contribution in [3.05, 3.63) is 89.5 Å². The third kappa shape index (κ3) is 10.6. The number of nitrogens with two attached hydrogens (primary N) is 1. The molecule has 0 radical (unpaired) electrons. The van der Waals surface area contributed by atoms with E-state index in [4.69, 9.17) is 19.9 Å². The first-order valence-corrected chi connectivity index (χ1v) is 17.5. The van der Waals surface area contributed by atoms with Gasteiger partial charge < -0.3 is 35.7 Å². The highest BCUT2D eigenvalue weighted by Crippen LogP contribution is 2.39. The van der Waals surface area contributed by atoms with Crippen LogP contribution in [0.1, 0.15) is 94.8 Å². The molecule has 2 heterocycles. The van der Waals surface area contributed by atoms with Gasteiger partial charge in [0.05, 0.1) is 30.2 Å². The van der Waals surface area contributed by atoms with Gasteiger partial charge in [-0.25, -0.2) is 0 Å². The van der Waals surface area contributed by atoms with Crippen LogP contribution in [0.4, 0.5) is 17.1 Å². The van der Waals surface area contributed by atoms with Gasteiger partial charge in [-0.1, -0.05) is 48.5 Å². The number of aliphatic hydroxyl groups excluding tert-OH is 1. The molecule has 50 heavy (non-hydrogen) atoms. The zero-order valence-corrected chi connectivity index (χ0v) is 29.2. The Morgan fingerprint density at radius 2 is 1.56 bits per heavy atom. The van der Waals surface area contributed by atoms with Crippen molar-refractivity contribution in [1.82, 2.24) is 4.90 Å². The summed E-state index contributed by atoms with van der Waals surface area (Å²) in [6, 6.07) is 21.9. The molecule has 0 saturated carbocycles. The van der Waals surface area contributed by atoms with Crippen molar-refractivity contribution < 1.29 is 33.7 Å². The number of amides is 2. The molecule has 11 heteroatoms. The molecule has 0 aromatic heterocycles. The van der Waals surface area contributed by atoms with E-state index in [9.17, 15) is 19.5 Å². The fraction of sp³-hybridized carbons (Fsp3) is 0.462. The topological polar surface area (TPSA) is 152 Å². The van der Waals surface area contributed by atoms with E-state index in [1.165, 1.54) is 0 Å². The number of ether oxygens (including phenoxy) is 3. The number of nitrogens with one attached hydrogen (secondary N) is 2. The minimum absolute atomic E-state index is 0.0358. The van der Waals surface area contributed by atoms with E-state index in [-0.39, 0.29) is 49.1 Å². The van der Waals surface area contributed by atoms with E-state index in [0.29, 0.717) is 49.3 Å². The predicted octanol–water partition coefficient (Wildman–Crippen LogP) is 6.25. The fourth-order valence-corrected chi connectivity index (χ4v) is 6.32.